The molecule has 256 valence electrons. The number of para-hydroxylation sites is 2. The minimum Gasteiger partial charge on any atom is -0.495 e. The molecule has 2 fully saturated rings. The molecule has 3 heterocycles. The van der Waals surface area contributed by atoms with Crippen molar-refractivity contribution in [3.8, 4) is 11.5 Å². The third-order valence-electron chi connectivity index (χ3n) is 8.34. The van der Waals surface area contributed by atoms with Gasteiger partial charge in [-0.1, -0.05) is 12.1 Å². The van der Waals surface area contributed by atoms with Gasteiger partial charge < -0.3 is 29.3 Å². The first kappa shape index (κ1) is 34.3. The molecule has 0 saturated carbocycles. The number of pyridine rings is 1. The van der Waals surface area contributed by atoms with E-state index in [2.05, 4.69) is 4.98 Å². The predicted octanol–water partition coefficient (Wildman–Crippen LogP) is 4.98. The van der Waals surface area contributed by atoms with Crippen molar-refractivity contribution in [3.63, 3.8) is 0 Å². The van der Waals surface area contributed by atoms with Crippen LogP contribution in [-0.2, 0) is 21.9 Å². The van der Waals surface area contributed by atoms with E-state index < -0.39 is 65.0 Å². The van der Waals surface area contributed by atoms with Gasteiger partial charge in [0.15, 0.2) is 0 Å². The molecule has 48 heavy (non-hydrogen) atoms. The number of carboxylic acid groups (broad SMARTS) is 1. The number of carbonyl (C=O) groups excluding carboxylic acids is 2. The fraction of sp³-hybridized carbons (Fsp3) is 0.375. The van der Waals surface area contributed by atoms with Crippen LogP contribution in [0.3, 0.4) is 0 Å². The zero-order valence-corrected chi connectivity index (χ0v) is 25.4. The van der Waals surface area contributed by atoms with Crippen molar-refractivity contribution >= 4 is 23.5 Å². The Balaban J connectivity index is 1.51. The molecular formula is C32H30F6N4O6. The molecular weight excluding hydrogens is 650 g/mol. The monoisotopic (exact) mass is 680 g/mol. The van der Waals surface area contributed by atoms with E-state index in [-0.39, 0.29) is 44.8 Å². The molecule has 0 spiro atoms. The number of rotatable bonds is 7. The maximum Gasteiger partial charge on any atom is 0.417 e. The van der Waals surface area contributed by atoms with Crippen LogP contribution < -0.4 is 14.4 Å². The van der Waals surface area contributed by atoms with Gasteiger partial charge >= 0.3 is 18.3 Å². The summed E-state index contributed by atoms with van der Waals surface area (Å²) in [6.07, 6.45) is -8.00. The van der Waals surface area contributed by atoms with Crippen molar-refractivity contribution in [2.24, 2.45) is 0 Å². The van der Waals surface area contributed by atoms with Crippen LogP contribution in [0.2, 0.25) is 0 Å². The lowest BCUT2D eigenvalue weighted by molar-refractivity contribution is -0.162. The summed E-state index contributed by atoms with van der Waals surface area (Å²) in [6.45, 7) is -0.858. The van der Waals surface area contributed by atoms with Gasteiger partial charge in [-0.3, -0.25) is 14.6 Å². The van der Waals surface area contributed by atoms with Gasteiger partial charge in [-0.2, -0.15) is 26.3 Å². The van der Waals surface area contributed by atoms with Crippen LogP contribution in [0, 0.1) is 0 Å². The standard InChI is InChI=1S/C32H30F6N4O6/c1-47-26-6-3-2-5-24(26)40-15-16-42(25(18-40)28(44)45)29(46)30(48-21-9-7-20(8-10-21)31(33,34)35)12-4-14-41(19-30)27(43)22-17-39-13-11-23(22)32(36,37)38/h2-3,5-11,13,17,25H,4,12,14-16,18-19H2,1H3,(H,44,45). The highest BCUT2D eigenvalue weighted by Gasteiger charge is 2.52. The maximum atomic E-state index is 14.5. The van der Waals surface area contributed by atoms with E-state index in [4.69, 9.17) is 9.47 Å². The van der Waals surface area contributed by atoms with Gasteiger partial charge in [0.2, 0.25) is 5.60 Å². The number of methoxy groups -OCH3 is 1. The van der Waals surface area contributed by atoms with E-state index in [9.17, 15) is 45.8 Å². The second kappa shape index (κ2) is 13.2. The first-order valence-electron chi connectivity index (χ1n) is 14.7. The summed E-state index contributed by atoms with van der Waals surface area (Å²) in [5.74, 6) is -3.06. The molecule has 2 aliphatic heterocycles. The number of aromatic nitrogens is 1. The summed E-state index contributed by atoms with van der Waals surface area (Å²) in [4.78, 5) is 48.1. The van der Waals surface area contributed by atoms with Crippen LogP contribution in [0.15, 0.2) is 67.0 Å². The normalized spacial score (nSPS) is 20.3. The van der Waals surface area contributed by atoms with Crippen LogP contribution in [0.5, 0.6) is 11.5 Å². The molecule has 1 aromatic heterocycles. The highest BCUT2D eigenvalue weighted by molar-refractivity contribution is 5.97. The maximum absolute atomic E-state index is 14.5. The third kappa shape index (κ3) is 6.96. The van der Waals surface area contributed by atoms with Crippen LogP contribution in [-0.4, -0.2) is 89.2 Å². The topological polar surface area (TPSA) is 113 Å². The van der Waals surface area contributed by atoms with E-state index in [1.165, 1.54) is 7.11 Å². The molecule has 0 radical (unpaired) electrons. The minimum absolute atomic E-state index is 0.0403. The van der Waals surface area contributed by atoms with Crippen LogP contribution in [0.25, 0.3) is 0 Å². The second-order valence-corrected chi connectivity index (χ2v) is 11.3. The number of carbonyl (C=O) groups is 3. The van der Waals surface area contributed by atoms with Gasteiger partial charge in [0.1, 0.15) is 17.5 Å². The van der Waals surface area contributed by atoms with Crippen molar-refractivity contribution in [1.29, 1.82) is 0 Å². The molecule has 2 saturated heterocycles. The molecule has 2 aromatic carbocycles. The first-order chi connectivity index (χ1) is 22.6. The van der Waals surface area contributed by atoms with Crippen LogP contribution in [0.1, 0.15) is 34.3 Å². The van der Waals surface area contributed by atoms with Crippen molar-refractivity contribution in [1.82, 2.24) is 14.8 Å². The number of piperazine rings is 1. The number of nitrogens with zero attached hydrogens (tertiary/aromatic N) is 4. The molecule has 1 N–H and O–H groups in total. The number of halogens is 6. The molecule has 10 nitrogen and oxygen atoms in total. The third-order valence-corrected chi connectivity index (χ3v) is 8.34. The number of carboxylic acids is 1. The summed E-state index contributed by atoms with van der Waals surface area (Å²) < 4.78 is 92.7. The van der Waals surface area contributed by atoms with Gasteiger partial charge in [-0.05, 0) is 55.3 Å². The van der Waals surface area contributed by atoms with Gasteiger partial charge in [0.05, 0.1) is 36.0 Å². The van der Waals surface area contributed by atoms with Gasteiger partial charge in [-0.15, -0.1) is 0 Å². The molecule has 2 amide bonds. The van der Waals surface area contributed by atoms with Crippen LogP contribution >= 0.6 is 0 Å². The number of piperidine rings is 1. The van der Waals surface area contributed by atoms with E-state index in [0.717, 1.165) is 46.5 Å². The Labute approximate surface area is 270 Å². The number of likely N-dealkylation sites (tertiary alicyclic amines) is 1. The van der Waals surface area contributed by atoms with Crippen molar-refractivity contribution < 1.29 is 55.3 Å². The molecule has 0 bridgehead atoms. The van der Waals surface area contributed by atoms with Crippen molar-refractivity contribution in [2.45, 2.75) is 36.8 Å². The van der Waals surface area contributed by atoms with Crippen molar-refractivity contribution in [3.05, 3.63) is 83.7 Å². The highest BCUT2D eigenvalue weighted by Crippen LogP contribution is 2.37. The number of ether oxygens (including phenoxy) is 2. The quantitative estimate of drug-likeness (QED) is 0.348. The Morgan fingerprint density at radius 2 is 1.65 bits per heavy atom. The zero-order chi connectivity index (χ0) is 34.9. The van der Waals surface area contributed by atoms with Gasteiger partial charge in [-0.25, -0.2) is 4.79 Å². The summed E-state index contributed by atoms with van der Waals surface area (Å²) in [7, 11) is 1.45. The number of alkyl halides is 6. The number of benzene rings is 2. The summed E-state index contributed by atoms with van der Waals surface area (Å²) in [5.41, 5.74) is -4.48. The largest absolute Gasteiger partial charge is 0.495 e. The minimum atomic E-state index is -4.90. The number of hydrogen-bond donors (Lipinski definition) is 1. The lowest BCUT2D eigenvalue weighted by atomic mass is 9.89. The average Bonchev–Trinajstić information content (AvgIpc) is 3.06. The van der Waals surface area contributed by atoms with Crippen molar-refractivity contribution in [2.75, 3.05) is 44.7 Å². The Morgan fingerprint density at radius 1 is 0.938 bits per heavy atom. The van der Waals surface area contributed by atoms with Crippen LogP contribution in [0.4, 0.5) is 32.0 Å². The first-order valence-corrected chi connectivity index (χ1v) is 14.7. The number of aliphatic carboxylic acids is 1. The van der Waals surface area contributed by atoms with E-state index in [1.54, 1.807) is 29.2 Å². The average molecular weight is 681 g/mol. The Bertz CT molecular complexity index is 1670. The van der Waals surface area contributed by atoms with Gasteiger partial charge in [0.25, 0.3) is 11.8 Å². The summed E-state index contributed by atoms with van der Waals surface area (Å²) >= 11 is 0. The molecule has 2 atom stereocenters. The van der Waals surface area contributed by atoms with E-state index >= 15 is 0 Å². The zero-order valence-electron chi connectivity index (χ0n) is 25.4. The SMILES string of the molecule is COc1ccccc1N1CCN(C(=O)C2(Oc3ccc(C(F)(F)F)cc3)CCCN(C(=O)c3cnccc3C(F)(F)F)C2)C(C(=O)O)C1. The summed E-state index contributed by atoms with van der Waals surface area (Å²) in [5, 5.41) is 10.2. The van der Waals surface area contributed by atoms with E-state index in [0.29, 0.717) is 17.5 Å². The predicted molar refractivity (Wildman–Crippen MR) is 158 cm³/mol. The molecule has 3 aromatic rings. The Kier molecular flexibility index (Phi) is 9.46. The molecule has 16 heteroatoms. The fourth-order valence-corrected chi connectivity index (χ4v) is 6.03. The smallest absolute Gasteiger partial charge is 0.417 e. The Hall–Kier alpha value is -5.02. The number of hydrogen-bond acceptors (Lipinski definition) is 7. The molecule has 5 rings (SSSR count). The lowest BCUT2D eigenvalue weighted by Gasteiger charge is -2.47. The van der Waals surface area contributed by atoms with E-state index in [1.807, 2.05) is 0 Å². The van der Waals surface area contributed by atoms with Gasteiger partial charge in [0, 0.05) is 38.6 Å². The lowest BCUT2D eigenvalue weighted by Crippen LogP contribution is -2.67. The summed E-state index contributed by atoms with van der Waals surface area (Å²) in [6, 6.07) is 9.52. The molecule has 2 unspecified atom stereocenters. The number of amides is 2. The number of anilines is 1. The molecule has 2 aliphatic rings. The fourth-order valence-electron chi connectivity index (χ4n) is 6.03. The Morgan fingerprint density at radius 3 is 2.29 bits per heavy atom. The second-order valence-electron chi connectivity index (χ2n) is 11.3. The highest BCUT2D eigenvalue weighted by atomic mass is 19.4. The molecule has 0 aliphatic carbocycles.